The van der Waals surface area contributed by atoms with Crippen molar-refractivity contribution in [2.45, 2.75) is 18.7 Å². The quantitative estimate of drug-likeness (QED) is 0.551. The van der Waals surface area contributed by atoms with Gasteiger partial charge in [0, 0.05) is 17.8 Å². The van der Waals surface area contributed by atoms with E-state index in [1.807, 2.05) is 32.0 Å². The molecule has 0 saturated carbocycles. The Balaban J connectivity index is 1.62. The number of carbonyl (C=O) groups is 1. The fourth-order valence-electron chi connectivity index (χ4n) is 2.88. The van der Waals surface area contributed by atoms with Gasteiger partial charge in [-0.1, -0.05) is 23.7 Å². The average molecular weight is 459 g/mol. The first kappa shape index (κ1) is 22.7. The molecule has 0 aliphatic heterocycles. The van der Waals surface area contributed by atoms with Crippen LogP contribution in [-0.4, -0.2) is 28.0 Å². The van der Waals surface area contributed by atoms with Crippen LogP contribution in [0.2, 0.25) is 5.02 Å². The van der Waals surface area contributed by atoms with Crippen LogP contribution in [0.4, 0.5) is 11.4 Å². The van der Waals surface area contributed by atoms with Gasteiger partial charge in [-0.25, -0.2) is 8.42 Å². The molecule has 0 bridgehead atoms. The topological polar surface area (TPSA) is 75.7 Å². The SMILES string of the molecule is Cc1cccc(NC(=O)COc2ccc(N(C)S(=O)(=O)c3ccc(Cl)cc3)cc2)c1C. The van der Waals surface area contributed by atoms with E-state index in [1.54, 1.807) is 24.3 Å². The Kier molecular flexibility index (Phi) is 6.87. The standard InChI is InChI=1S/C23H23ClN2O4S/c1-16-5-4-6-22(17(16)2)25-23(27)15-30-20-11-9-19(10-12-20)26(3)31(28,29)21-13-7-18(24)8-14-21/h4-14H,15H2,1-3H3,(H,25,27). The number of amides is 1. The van der Waals surface area contributed by atoms with Gasteiger partial charge in [0.2, 0.25) is 0 Å². The van der Waals surface area contributed by atoms with Crippen molar-refractivity contribution in [1.82, 2.24) is 0 Å². The molecule has 0 heterocycles. The van der Waals surface area contributed by atoms with Gasteiger partial charge >= 0.3 is 0 Å². The second-order valence-electron chi connectivity index (χ2n) is 7.00. The van der Waals surface area contributed by atoms with E-state index in [-0.39, 0.29) is 17.4 Å². The largest absolute Gasteiger partial charge is 0.484 e. The average Bonchev–Trinajstić information content (AvgIpc) is 2.75. The lowest BCUT2D eigenvalue weighted by atomic mass is 10.1. The second kappa shape index (κ2) is 9.41. The van der Waals surface area contributed by atoms with Gasteiger partial charge < -0.3 is 10.1 Å². The maximum Gasteiger partial charge on any atom is 0.264 e. The van der Waals surface area contributed by atoms with Crippen molar-refractivity contribution in [2.75, 3.05) is 23.3 Å². The Morgan fingerprint density at radius 1 is 1.00 bits per heavy atom. The third kappa shape index (κ3) is 5.37. The Morgan fingerprint density at radius 2 is 1.65 bits per heavy atom. The molecule has 0 saturated heterocycles. The van der Waals surface area contributed by atoms with Gasteiger partial charge in [-0.05, 0) is 79.6 Å². The minimum absolute atomic E-state index is 0.142. The number of nitrogens with one attached hydrogen (secondary N) is 1. The minimum atomic E-state index is -3.72. The molecule has 1 amide bonds. The van der Waals surface area contributed by atoms with Gasteiger partial charge in [0.05, 0.1) is 10.6 Å². The highest BCUT2D eigenvalue weighted by Gasteiger charge is 2.21. The van der Waals surface area contributed by atoms with E-state index in [4.69, 9.17) is 16.3 Å². The van der Waals surface area contributed by atoms with Crippen molar-refractivity contribution < 1.29 is 17.9 Å². The molecule has 3 aromatic carbocycles. The van der Waals surface area contributed by atoms with Gasteiger partial charge in [0.15, 0.2) is 6.61 Å². The van der Waals surface area contributed by atoms with E-state index >= 15 is 0 Å². The van der Waals surface area contributed by atoms with Crippen LogP contribution in [0.1, 0.15) is 11.1 Å². The summed E-state index contributed by atoms with van der Waals surface area (Å²) in [4.78, 5) is 12.3. The molecule has 3 rings (SSSR count). The molecule has 0 fully saturated rings. The summed E-state index contributed by atoms with van der Waals surface area (Å²) in [5.41, 5.74) is 3.30. The summed E-state index contributed by atoms with van der Waals surface area (Å²) >= 11 is 5.84. The van der Waals surface area contributed by atoms with E-state index in [0.717, 1.165) is 16.8 Å². The molecule has 6 nitrogen and oxygen atoms in total. The maximum atomic E-state index is 12.8. The van der Waals surface area contributed by atoms with Crippen molar-refractivity contribution in [3.05, 3.63) is 82.9 Å². The first-order valence-electron chi connectivity index (χ1n) is 9.52. The van der Waals surface area contributed by atoms with Crippen LogP contribution in [0.5, 0.6) is 5.75 Å². The van der Waals surface area contributed by atoms with Crippen molar-refractivity contribution >= 4 is 38.9 Å². The number of ether oxygens (including phenoxy) is 1. The zero-order valence-electron chi connectivity index (χ0n) is 17.4. The molecule has 31 heavy (non-hydrogen) atoms. The van der Waals surface area contributed by atoms with Crippen LogP contribution in [0.3, 0.4) is 0 Å². The van der Waals surface area contributed by atoms with Crippen LogP contribution in [0.25, 0.3) is 0 Å². The summed E-state index contributed by atoms with van der Waals surface area (Å²) in [7, 11) is -2.25. The molecule has 8 heteroatoms. The number of benzene rings is 3. The first-order valence-corrected chi connectivity index (χ1v) is 11.3. The number of aryl methyl sites for hydroxylation is 1. The predicted octanol–water partition coefficient (Wildman–Crippen LogP) is 4.80. The van der Waals surface area contributed by atoms with Crippen molar-refractivity contribution in [3.63, 3.8) is 0 Å². The Bertz CT molecular complexity index is 1180. The van der Waals surface area contributed by atoms with E-state index in [2.05, 4.69) is 5.32 Å². The molecule has 0 spiro atoms. The summed E-state index contributed by atoms with van der Waals surface area (Å²) in [6, 6.07) is 18.1. The lowest BCUT2D eigenvalue weighted by Gasteiger charge is -2.20. The third-order valence-corrected chi connectivity index (χ3v) is 6.97. The van der Waals surface area contributed by atoms with Crippen LogP contribution in [-0.2, 0) is 14.8 Å². The molecule has 0 radical (unpaired) electrons. The van der Waals surface area contributed by atoms with Crippen molar-refractivity contribution in [2.24, 2.45) is 0 Å². The number of carbonyl (C=O) groups excluding carboxylic acids is 1. The smallest absolute Gasteiger partial charge is 0.264 e. The highest BCUT2D eigenvalue weighted by molar-refractivity contribution is 7.92. The molecule has 1 N–H and O–H groups in total. The van der Waals surface area contributed by atoms with Crippen molar-refractivity contribution in [3.8, 4) is 5.75 Å². The number of hydrogen-bond donors (Lipinski definition) is 1. The number of nitrogens with zero attached hydrogens (tertiary/aromatic N) is 1. The summed E-state index contributed by atoms with van der Waals surface area (Å²) in [6.07, 6.45) is 0. The number of halogens is 1. The first-order chi connectivity index (χ1) is 14.7. The normalized spacial score (nSPS) is 11.1. The zero-order chi connectivity index (χ0) is 22.6. The van der Waals surface area contributed by atoms with E-state index in [0.29, 0.717) is 16.5 Å². The lowest BCUT2D eigenvalue weighted by molar-refractivity contribution is -0.118. The van der Waals surface area contributed by atoms with Gasteiger partial charge in [0.1, 0.15) is 5.75 Å². The summed E-state index contributed by atoms with van der Waals surface area (Å²) < 4.78 is 32.2. The molecule has 162 valence electrons. The monoisotopic (exact) mass is 458 g/mol. The molecular formula is C23H23ClN2O4S. The lowest BCUT2D eigenvalue weighted by Crippen LogP contribution is -2.26. The van der Waals surface area contributed by atoms with Gasteiger partial charge in [-0.3, -0.25) is 9.10 Å². The summed E-state index contributed by atoms with van der Waals surface area (Å²) in [5.74, 6) is 0.178. The number of anilines is 2. The van der Waals surface area contributed by atoms with Crippen LogP contribution >= 0.6 is 11.6 Å². The van der Waals surface area contributed by atoms with E-state index < -0.39 is 10.0 Å². The number of sulfonamides is 1. The van der Waals surface area contributed by atoms with E-state index in [1.165, 1.54) is 35.6 Å². The molecule has 0 atom stereocenters. The Hall–Kier alpha value is -3.03. The predicted molar refractivity (Wildman–Crippen MR) is 124 cm³/mol. The van der Waals surface area contributed by atoms with Crippen LogP contribution in [0, 0.1) is 13.8 Å². The Labute approximate surface area is 187 Å². The fourth-order valence-corrected chi connectivity index (χ4v) is 4.20. The highest BCUT2D eigenvalue weighted by atomic mass is 35.5. The Morgan fingerprint density at radius 3 is 2.29 bits per heavy atom. The van der Waals surface area contributed by atoms with Crippen molar-refractivity contribution in [1.29, 1.82) is 0 Å². The minimum Gasteiger partial charge on any atom is -0.484 e. The maximum absolute atomic E-state index is 12.8. The van der Waals surface area contributed by atoms with Gasteiger partial charge in [0.25, 0.3) is 15.9 Å². The molecule has 0 aliphatic carbocycles. The second-order valence-corrected chi connectivity index (χ2v) is 9.41. The van der Waals surface area contributed by atoms with Crippen LogP contribution in [0.15, 0.2) is 71.6 Å². The van der Waals surface area contributed by atoms with E-state index in [9.17, 15) is 13.2 Å². The zero-order valence-corrected chi connectivity index (χ0v) is 19.0. The molecular weight excluding hydrogens is 436 g/mol. The van der Waals surface area contributed by atoms with Crippen LogP contribution < -0.4 is 14.4 Å². The molecule has 0 aromatic heterocycles. The number of hydrogen-bond acceptors (Lipinski definition) is 4. The summed E-state index contributed by atoms with van der Waals surface area (Å²) in [5, 5.41) is 3.29. The highest BCUT2D eigenvalue weighted by Crippen LogP contribution is 2.25. The van der Waals surface area contributed by atoms with Gasteiger partial charge in [-0.15, -0.1) is 0 Å². The third-order valence-electron chi connectivity index (χ3n) is 4.92. The fraction of sp³-hybridized carbons (Fsp3) is 0.174. The molecule has 0 aliphatic rings. The molecule has 3 aromatic rings. The number of rotatable bonds is 7. The van der Waals surface area contributed by atoms with Gasteiger partial charge in [-0.2, -0.15) is 0 Å². The molecule has 0 unspecified atom stereocenters. The summed E-state index contributed by atoms with van der Waals surface area (Å²) in [6.45, 7) is 3.76.